The van der Waals surface area contributed by atoms with Gasteiger partial charge in [0, 0.05) is 40.7 Å². The second-order valence-corrected chi connectivity index (χ2v) is 11.5. The van der Waals surface area contributed by atoms with Crippen LogP contribution in [0, 0.1) is 0 Å². The zero-order valence-corrected chi connectivity index (χ0v) is 23.9. The summed E-state index contributed by atoms with van der Waals surface area (Å²) in [5, 5.41) is 0.871. The van der Waals surface area contributed by atoms with Gasteiger partial charge < -0.3 is 26.3 Å². The molecule has 2 aromatic rings. The summed E-state index contributed by atoms with van der Waals surface area (Å²) in [7, 11) is 12.7. The fourth-order valence-corrected chi connectivity index (χ4v) is 4.90. The number of nitrogens with zero attached hydrogens (tertiary/aromatic N) is 4. The number of carbonyl (C=O) groups is 2. The van der Waals surface area contributed by atoms with Crippen molar-refractivity contribution in [3.8, 4) is 0 Å². The number of amidine groups is 1. The van der Waals surface area contributed by atoms with Crippen LogP contribution in [0.2, 0.25) is 5.02 Å². The predicted octanol–water partition coefficient (Wildman–Crippen LogP) is 2.91. The average molecular weight is 570 g/mol. The van der Waals surface area contributed by atoms with Gasteiger partial charge in [-0.05, 0) is 43.0 Å². The fraction of sp³-hybridized carbons (Fsp3) is 0.462. The van der Waals surface area contributed by atoms with Crippen LogP contribution in [-0.2, 0) is 15.5 Å². The van der Waals surface area contributed by atoms with Crippen molar-refractivity contribution in [1.29, 1.82) is 0 Å². The maximum Gasteiger partial charge on any atom is 0.282 e. The van der Waals surface area contributed by atoms with Gasteiger partial charge in [-0.1, -0.05) is 39.0 Å². The maximum absolute atomic E-state index is 14.2. The third kappa shape index (κ3) is 6.19. The van der Waals surface area contributed by atoms with Crippen LogP contribution in [-0.4, -0.2) is 66.9 Å². The first-order chi connectivity index (χ1) is 18.4. The zero-order valence-electron chi connectivity index (χ0n) is 23.1. The molecule has 0 bridgehead atoms. The van der Waals surface area contributed by atoms with Crippen LogP contribution in [0.3, 0.4) is 0 Å². The lowest BCUT2D eigenvalue weighted by Crippen LogP contribution is -2.60. The molecule has 1 aliphatic rings. The second-order valence-electron chi connectivity index (χ2n) is 11.0. The Hall–Kier alpha value is -3.34. The quantitative estimate of drug-likeness (QED) is 0.148. The van der Waals surface area contributed by atoms with Gasteiger partial charge in [0.25, 0.3) is 12.3 Å². The van der Waals surface area contributed by atoms with Crippen molar-refractivity contribution in [3.05, 3.63) is 58.1 Å². The number of imidazole rings is 1. The lowest BCUT2D eigenvalue weighted by atomic mass is 9.61. The van der Waals surface area contributed by atoms with E-state index in [0.29, 0.717) is 10.6 Å². The molecule has 1 fully saturated rings. The third-order valence-corrected chi connectivity index (χ3v) is 6.78. The number of aliphatic imine (C=N–C) groups is 1. The molecule has 1 aromatic heterocycles. The van der Waals surface area contributed by atoms with E-state index < -0.39 is 41.1 Å². The number of anilines is 1. The number of amides is 2. The minimum Gasteiger partial charge on any atom is -0.398 e. The topological polar surface area (TPSA) is 132 Å². The first-order valence-corrected chi connectivity index (χ1v) is 12.9. The van der Waals surface area contributed by atoms with E-state index in [4.69, 9.17) is 38.8 Å². The molecule has 1 aromatic carbocycles. The number of aromatic nitrogens is 2. The predicted molar refractivity (Wildman–Crippen MR) is 154 cm³/mol. The molecule has 40 heavy (non-hydrogen) atoms. The Bertz CT molecular complexity index is 1360. The molecular weight excluding hydrogens is 537 g/mol. The Morgan fingerprint density at radius 1 is 1.27 bits per heavy atom. The molecule has 2 amide bonds. The van der Waals surface area contributed by atoms with Gasteiger partial charge in [-0.15, -0.1) is 0 Å². The van der Waals surface area contributed by atoms with Crippen molar-refractivity contribution in [2.75, 3.05) is 18.8 Å². The van der Waals surface area contributed by atoms with Crippen LogP contribution >= 0.6 is 11.6 Å². The van der Waals surface area contributed by atoms with E-state index >= 15 is 0 Å². The van der Waals surface area contributed by atoms with Gasteiger partial charge in [-0.25, -0.2) is 13.8 Å². The summed E-state index contributed by atoms with van der Waals surface area (Å²) in [5.41, 5.74) is 12.1. The average Bonchev–Trinajstić information content (AvgIpc) is 3.22. The molecule has 9 nitrogen and oxygen atoms in total. The van der Waals surface area contributed by atoms with Gasteiger partial charge in [0.2, 0.25) is 5.91 Å². The number of nitrogen functional groups attached to an aromatic ring is 1. The Morgan fingerprint density at radius 2 is 1.88 bits per heavy atom. The molecular formula is C26H32B2ClF2N7O2. The van der Waals surface area contributed by atoms with Crippen molar-refractivity contribution in [1.82, 2.24) is 19.8 Å². The van der Waals surface area contributed by atoms with Crippen molar-refractivity contribution >= 4 is 50.6 Å². The number of nitrogens with one attached hydrogen (secondary N) is 1. The van der Waals surface area contributed by atoms with Crippen LogP contribution in [0.4, 0.5) is 14.5 Å². The standard InChI is InChI=1S/C26H32B2ClF2N7O2/c1-7-18(39)37-10-13(11-37)34-23(40)20-19(21(30)31)35-24(38(20)12(2)3)26(27,28)36-22(33)14-8-15(25(4,5)6)16(29)9-17(14)32/h7-9,12-13,21H,1,10-11,32H2,2-6H3,(H2,33,36)(H,34,40). The summed E-state index contributed by atoms with van der Waals surface area (Å²) >= 11 is 6.38. The highest BCUT2D eigenvalue weighted by atomic mass is 35.5. The Morgan fingerprint density at radius 3 is 2.38 bits per heavy atom. The van der Waals surface area contributed by atoms with Gasteiger partial charge in [0.1, 0.15) is 38.7 Å². The molecule has 4 radical (unpaired) electrons. The summed E-state index contributed by atoms with van der Waals surface area (Å²) in [6, 6.07) is 2.18. The van der Waals surface area contributed by atoms with Crippen molar-refractivity contribution in [2.45, 2.75) is 63.9 Å². The van der Waals surface area contributed by atoms with E-state index in [2.05, 4.69) is 21.9 Å². The van der Waals surface area contributed by atoms with Gasteiger partial charge in [-0.3, -0.25) is 14.6 Å². The minimum atomic E-state index is -3.13. The van der Waals surface area contributed by atoms with E-state index in [1.165, 1.54) is 15.5 Å². The van der Waals surface area contributed by atoms with Crippen LogP contribution in [0.1, 0.15) is 80.2 Å². The molecule has 1 aliphatic heterocycles. The van der Waals surface area contributed by atoms with Crippen LogP contribution in [0.5, 0.6) is 0 Å². The molecule has 210 valence electrons. The molecule has 0 spiro atoms. The first-order valence-electron chi connectivity index (χ1n) is 12.5. The molecule has 1 saturated heterocycles. The normalized spacial score (nSPS) is 14.9. The number of hydrogen-bond donors (Lipinski definition) is 3. The van der Waals surface area contributed by atoms with E-state index in [-0.39, 0.29) is 41.8 Å². The molecule has 0 atom stereocenters. The number of benzene rings is 1. The number of hydrogen-bond acceptors (Lipinski definition) is 5. The highest BCUT2D eigenvalue weighted by Gasteiger charge is 2.38. The van der Waals surface area contributed by atoms with Gasteiger partial charge in [0.15, 0.2) is 0 Å². The van der Waals surface area contributed by atoms with Crippen molar-refractivity contribution in [2.24, 2.45) is 10.7 Å². The van der Waals surface area contributed by atoms with Gasteiger partial charge in [0.05, 0.1) is 6.04 Å². The number of halogens is 3. The Labute approximate surface area is 240 Å². The Kier molecular flexibility index (Phi) is 8.79. The van der Waals surface area contributed by atoms with E-state index in [1.54, 1.807) is 19.9 Å². The van der Waals surface area contributed by atoms with Crippen molar-refractivity contribution < 1.29 is 18.4 Å². The Balaban J connectivity index is 2.06. The number of nitrogens with two attached hydrogens (primary N) is 2. The fourth-order valence-electron chi connectivity index (χ4n) is 4.44. The van der Waals surface area contributed by atoms with E-state index in [9.17, 15) is 18.4 Å². The minimum absolute atomic E-state index is 0.172. The molecule has 0 aliphatic carbocycles. The lowest BCUT2D eigenvalue weighted by Gasteiger charge is -2.39. The molecule has 2 heterocycles. The monoisotopic (exact) mass is 569 g/mol. The van der Waals surface area contributed by atoms with Crippen LogP contribution in [0.25, 0.3) is 0 Å². The van der Waals surface area contributed by atoms with E-state index in [1.807, 2.05) is 20.8 Å². The SMILES string of the molecule is [B]C([B])(N=C(N)c1cc(C(C)(C)C)c(Cl)cc1N)c1nc(C(F)F)c(C(=O)NC2CN(C(=O)C=C)C2)n1C(C)C. The molecule has 0 unspecified atom stereocenters. The third-order valence-electron chi connectivity index (χ3n) is 6.47. The number of carbonyl (C=O) groups excluding carboxylic acids is 2. The van der Waals surface area contributed by atoms with Gasteiger partial charge >= 0.3 is 0 Å². The highest BCUT2D eigenvalue weighted by molar-refractivity contribution is 6.40. The van der Waals surface area contributed by atoms with Crippen molar-refractivity contribution in [3.63, 3.8) is 0 Å². The molecule has 5 N–H and O–H groups in total. The molecule has 0 saturated carbocycles. The zero-order chi connectivity index (χ0) is 30.3. The number of likely N-dealkylation sites (tertiary alicyclic amines) is 1. The van der Waals surface area contributed by atoms with Gasteiger partial charge in [-0.2, -0.15) is 0 Å². The van der Waals surface area contributed by atoms with Crippen LogP contribution in [0.15, 0.2) is 29.8 Å². The highest BCUT2D eigenvalue weighted by Crippen LogP contribution is 2.34. The number of alkyl halides is 2. The largest absolute Gasteiger partial charge is 0.398 e. The molecule has 3 rings (SSSR count). The second kappa shape index (κ2) is 11.3. The summed E-state index contributed by atoms with van der Waals surface area (Å²) in [4.78, 5) is 34.6. The summed E-state index contributed by atoms with van der Waals surface area (Å²) in [6.45, 7) is 13.0. The number of rotatable bonds is 8. The smallest absolute Gasteiger partial charge is 0.282 e. The summed E-state index contributed by atoms with van der Waals surface area (Å²) in [5.74, 6) is -1.58. The summed E-state index contributed by atoms with van der Waals surface area (Å²) in [6.07, 6.45) is -1.97. The first kappa shape index (κ1) is 31.2. The maximum atomic E-state index is 14.2. The van der Waals surface area contributed by atoms with Crippen LogP contribution < -0.4 is 16.8 Å². The molecule has 14 heteroatoms. The summed E-state index contributed by atoms with van der Waals surface area (Å²) < 4.78 is 29.5. The lowest BCUT2D eigenvalue weighted by molar-refractivity contribution is -0.130. The van der Waals surface area contributed by atoms with E-state index in [0.717, 1.165) is 11.6 Å².